The van der Waals surface area contributed by atoms with Crippen molar-refractivity contribution >= 4 is 0 Å². The van der Waals surface area contributed by atoms with Crippen molar-refractivity contribution in [1.29, 1.82) is 0 Å². The molecular weight excluding hydrogens is 266 g/mol. The van der Waals surface area contributed by atoms with Gasteiger partial charge in [0.05, 0.1) is 6.61 Å². The van der Waals surface area contributed by atoms with Crippen LogP contribution in [0, 0.1) is 0 Å². The first-order valence-corrected chi connectivity index (χ1v) is 7.24. The van der Waals surface area contributed by atoms with Gasteiger partial charge in [0.2, 0.25) is 0 Å². The van der Waals surface area contributed by atoms with Crippen LogP contribution in [0.1, 0.15) is 25.8 Å². The van der Waals surface area contributed by atoms with E-state index < -0.39 is 0 Å². The van der Waals surface area contributed by atoms with Gasteiger partial charge in [0, 0.05) is 24.5 Å². The molecule has 0 fully saturated rings. The van der Waals surface area contributed by atoms with Crippen LogP contribution in [-0.2, 0) is 6.54 Å². The van der Waals surface area contributed by atoms with Crippen LogP contribution >= 0.6 is 0 Å². The first-order chi connectivity index (χ1) is 10.3. The second-order valence-electron chi connectivity index (χ2n) is 4.53. The number of ether oxygens (including phenoxy) is 2. The van der Waals surface area contributed by atoms with E-state index in [1.54, 1.807) is 12.4 Å². The number of hydrogen-bond donors (Lipinski definition) is 1. The quantitative estimate of drug-likeness (QED) is 0.756. The molecule has 112 valence electrons. The summed E-state index contributed by atoms with van der Waals surface area (Å²) in [7, 11) is 0. The molecule has 0 saturated carbocycles. The Balaban J connectivity index is 2.00. The molecule has 2 rings (SSSR count). The van der Waals surface area contributed by atoms with Gasteiger partial charge in [-0.1, -0.05) is 19.1 Å². The molecule has 0 spiro atoms. The van der Waals surface area contributed by atoms with Gasteiger partial charge >= 0.3 is 6.01 Å². The van der Waals surface area contributed by atoms with Gasteiger partial charge in [-0.15, -0.1) is 0 Å². The van der Waals surface area contributed by atoms with Crippen molar-refractivity contribution in [2.75, 3.05) is 13.2 Å². The maximum atomic E-state index is 5.68. The Kier molecular flexibility index (Phi) is 5.97. The fourth-order valence-corrected chi connectivity index (χ4v) is 1.80. The third-order valence-corrected chi connectivity index (χ3v) is 2.79. The molecule has 1 aromatic heterocycles. The summed E-state index contributed by atoms with van der Waals surface area (Å²) in [5.41, 5.74) is 1.04. The number of nitrogens with one attached hydrogen (secondary N) is 1. The van der Waals surface area contributed by atoms with Crippen molar-refractivity contribution in [1.82, 2.24) is 15.3 Å². The molecule has 5 heteroatoms. The van der Waals surface area contributed by atoms with Crippen molar-refractivity contribution in [2.45, 2.75) is 26.8 Å². The molecule has 0 aliphatic rings. The van der Waals surface area contributed by atoms with E-state index in [-0.39, 0.29) is 0 Å². The van der Waals surface area contributed by atoms with E-state index in [0.717, 1.165) is 25.1 Å². The first-order valence-electron chi connectivity index (χ1n) is 7.24. The molecule has 0 atom stereocenters. The van der Waals surface area contributed by atoms with Crippen molar-refractivity contribution in [2.24, 2.45) is 0 Å². The molecule has 0 aliphatic carbocycles. The van der Waals surface area contributed by atoms with E-state index in [1.165, 1.54) is 0 Å². The van der Waals surface area contributed by atoms with Crippen LogP contribution in [0.15, 0.2) is 36.7 Å². The molecule has 5 nitrogen and oxygen atoms in total. The minimum Gasteiger partial charge on any atom is -0.490 e. The lowest BCUT2D eigenvalue weighted by molar-refractivity contribution is 0.317. The smallest absolute Gasteiger partial charge is 0.322 e. The maximum Gasteiger partial charge on any atom is 0.322 e. The van der Waals surface area contributed by atoms with Crippen molar-refractivity contribution < 1.29 is 9.47 Å². The van der Waals surface area contributed by atoms with Gasteiger partial charge in [0.25, 0.3) is 0 Å². The topological polar surface area (TPSA) is 56.3 Å². The first kappa shape index (κ1) is 15.3. The SMILES string of the molecule is CCCNCc1cnc(Oc2ccccc2OCC)nc1. The second-order valence-corrected chi connectivity index (χ2v) is 4.53. The number of nitrogens with zero attached hydrogens (tertiary/aromatic N) is 2. The van der Waals surface area contributed by atoms with Crippen LogP contribution < -0.4 is 14.8 Å². The lowest BCUT2D eigenvalue weighted by Crippen LogP contribution is -2.14. The molecule has 0 radical (unpaired) electrons. The molecule has 1 N–H and O–H groups in total. The predicted octanol–water partition coefficient (Wildman–Crippen LogP) is 3.17. The minimum absolute atomic E-state index is 0.321. The van der Waals surface area contributed by atoms with Gasteiger partial charge in [-0.05, 0) is 32.0 Å². The van der Waals surface area contributed by atoms with E-state index in [4.69, 9.17) is 9.47 Å². The Labute approximate surface area is 125 Å². The van der Waals surface area contributed by atoms with Crippen LogP contribution in [-0.4, -0.2) is 23.1 Å². The summed E-state index contributed by atoms with van der Waals surface area (Å²) in [6.07, 6.45) is 4.65. The van der Waals surface area contributed by atoms with E-state index in [1.807, 2.05) is 31.2 Å². The highest BCUT2D eigenvalue weighted by Crippen LogP contribution is 2.29. The fourth-order valence-electron chi connectivity index (χ4n) is 1.80. The molecule has 21 heavy (non-hydrogen) atoms. The van der Waals surface area contributed by atoms with Gasteiger partial charge in [-0.25, -0.2) is 9.97 Å². The molecule has 0 bridgehead atoms. The number of para-hydroxylation sites is 2. The summed E-state index contributed by atoms with van der Waals surface area (Å²) >= 11 is 0. The van der Waals surface area contributed by atoms with Crippen LogP contribution in [0.25, 0.3) is 0 Å². The lowest BCUT2D eigenvalue weighted by atomic mass is 10.3. The predicted molar refractivity (Wildman–Crippen MR) is 81.7 cm³/mol. The van der Waals surface area contributed by atoms with Crippen LogP contribution in [0.2, 0.25) is 0 Å². The molecule has 1 heterocycles. The van der Waals surface area contributed by atoms with Gasteiger partial charge < -0.3 is 14.8 Å². The van der Waals surface area contributed by atoms with Gasteiger partial charge in [0.1, 0.15) is 0 Å². The average molecular weight is 287 g/mol. The Morgan fingerprint density at radius 3 is 2.43 bits per heavy atom. The average Bonchev–Trinajstić information content (AvgIpc) is 2.51. The summed E-state index contributed by atoms with van der Waals surface area (Å²) in [4.78, 5) is 8.45. The highest BCUT2D eigenvalue weighted by Gasteiger charge is 2.06. The summed E-state index contributed by atoms with van der Waals surface area (Å²) in [6, 6.07) is 7.82. The fraction of sp³-hybridized carbons (Fsp3) is 0.375. The van der Waals surface area contributed by atoms with E-state index in [9.17, 15) is 0 Å². The molecule has 0 unspecified atom stereocenters. The van der Waals surface area contributed by atoms with Gasteiger partial charge in [0.15, 0.2) is 11.5 Å². The monoisotopic (exact) mass is 287 g/mol. The lowest BCUT2D eigenvalue weighted by Gasteiger charge is -2.10. The molecule has 2 aromatic rings. The Morgan fingerprint density at radius 1 is 1.05 bits per heavy atom. The van der Waals surface area contributed by atoms with E-state index >= 15 is 0 Å². The highest BCUT2D eigenvalue weighted by molar-refractivity contribution is 5.40. The Hall–Kier alpha value is -2.14. The molecule has 0 aliphatic heterocycles. The molecule has 0 saturated heterocycles. The summed E-state index contributed by atoms with van der Waals surface area (Å²) in [6.45, 7) is 6.41. The van der Waals surface area contributed by atoms with Crippen LogP contribution in [0.4, 0.5) is 0 Å². The maximum absolute atomic E-state index is 5.68. The summed E-state index contributed by atoms with van der Waals surface area (Å²) in [5.74, 6) is 1.31. The van der Waals surface area contributed by atoms with Gasteiger partial charge in [-0.2, -0.15) is 0 Å². The third-order valence-electron chi connectivity index (χ3n) is 2.79. The molecular formula is C16H21N3O2. The minimum atomic E-state index is 0.321. The number of hydrogen-bond acceptors (Lipinski definition) is 5. The van der Waals surface area contributed by atoms with Crippen molar-refractivity contribution in [3.05, 3.63) is 42.2 Å². The van der Waals surface area contributed by atoms with Crippen molar-refractivity contribution in [3.8, 4) is 17.5 Å². The largest absolute Gasteiger partial charge is 0.490 e. The molecule has 1 aromatic carbocycles. The standard InChI is InChI=1S/C16H21N3O2/c1-3-9-17-10-13-11-18-16(19-12-13)21-15-8-6-5-7-14(15)20-4-2/h5-8,11-12,17H,3-4,9-10H2,1-2H3. The summed E-state index contributed by atoms with van der Waals surface area (Å²) < 4.78 is 11.2. The number of benzene rings is 1. The Morgan fingerprint density at radius 2 is 1.76 bits per heavy atom. The summed E-state index contributed by atoms with van der Waals surface area (Å²) in [5, 5.41) is 3.31. The second kappa shape index (κ2) is 8.21. The van der Waals surface area contributed by atoms with Crippen LogP contribution in [0.5, 0.6) is 17.5 Å². The number of aromatic nitrogens is 2. The normalized spacial score (nSPS) is 10.4. The van der Waals surface area contributed by atoms with E-state index in [0.29, 0.717) is 24.1 Å². The van der Waals surface area contributed by atoms with E-state index in [2.05, 4.69) is 22.2 Å². The highest BCUT2D eigenvalue weighted by atomic mass is 16.5. The Bertz CT molecular complexity index is 543. The zero-order valence-electron chi connectivity index (χ0n) is 12.5. The third kappa shape index (κ3) is 4.72. The number of rotatable bonds is 8. The zero-order chi connectivity index (χ0) is 14.9. The van der Waals surface area contributed by atoms with Gasteiger partial charge in [-0.3, -0.25) is 0 Å². The zero-order valence-corrected chi connectivity index (χ0v) is 12.5. The van der Waals surface area contributed by atoms with Crippen molar-refractivity contribution in [3.63, 3.8) is 0 Å². The molecule has 0 amide bonds. The van der Waals surface area contributed by atoms with Crippen LogP contribution in [0.3, 0.4) is 0 Å².